The van der Waals surface area contributed by atoms with Crippen LogP contribution in [0, 0.1) is 6.92 Å². The van der Waals surface area contributed by atoms with Gasteiger partial charge in [-0.05, 0) is 49.4 Å². The lowest BCUT2D eigenvalue weighted by Gasteiger charge is -2.08. The van der Waals surface area contributed by atoms with Gasteiger partial charge in [0.05, 0.1) is 0 Å². The first-order valence-electron chi connectivity index (χ1n) is 5.86. The van der Waals surface area contributed by atoms with E-state index < -0.39 is 0 Å². The highest BCUT2D eigenvalue weighted by Crippen LogP contribution is 2.31. The van der Waals surface area contributed by atoms with Crippen LogP contribution in [-0.2, 0) is 6.54 Å². The van der Waals surface area contributed by atoms with E-state index in [-0.39, 0.29) is 0 Å². The van der Waals surface area contributed by atoms with Crippen LogP contribution in [-0.4, -0.2) is 7.05 Å². The quantitative estimate of drug-likeness (QED) is 0.882. The van der Waals surface area contributed by atoms with E-state index in [1.807, 2.05) is 25.2 Å². The zero-order chi connectivity index (χ0) is 13.0. The first-order valence-corrected chi connectivity index (χ1v) is 7.06. The molecule has 2 rings (SSSR count). The molecule has 0 saturated heterocycles. The molecule has 0 saturated carbocycles. The number of nitrogens with one attached hydrogen (secondary N) is 1. The number of rotatable bonds is 4. The Labute approximate surface area is 118 Å². The normalized spacial score (nSPS) is 10.6. The number of halogens is 1. The Morgan fingerprint density at radius 3 is 2.67 bits per heavy atom. The first kappa shape index (κ1) is 13.5. The standard InChI is InChI=1S/C15H16ClNS/c1-11-8-12(10-17-2)6-7-15(11)18-14-5-3-4-13(16)9-14/h3-9,17H,10H2,1-2H3. The van der Waals surface area contributed by atoms with E-state index >= 15 is 0 Å². The van der Waals surface area contributed by atoms with Gasteiger partial charge in [-0.15, -0.1) is 0 Å². The molecule has 0 aliphatic heterocycles. The summed E-state index contributed by atoms with van der Waals surface area (Å²) in [6.07, 6.45) is 0. The summed E-state index contributed by atoms with van der Waals surface area (Å²) in [6, 6.07) is 14.5. The van der Waals surface area contributed by atoms with Crippen molar-refractivity contribution in [2.24, 2.45) is 0 Å². The van der Waals surface area contributed by atoms with Crippen LogP contribution in [0.4, 0.5) is 0 Å². The molecule has 0 aliphatic rings. The van der Waals surface area contributed by atoms with Crippen LogP contribution in [0.2, 0.25) is 5.02 Å². The molecule has 0 bridgehead atoms. The molecule has 2 aromatic rings. The van der Waals surface area contributed by atoms with Gasteiger partial charge in [0.25, 0.3) is 0 Å². The van der Waals surface area contributed by atoms with Crippen molar-refractivity contribution in [1.29, 1.82) is 0 Å². The predicted octanol–water partition coefficient (Wildman–Crippen LogP) is 4.52. The summed E-state index contributed by atoms with van der Waals surface area (Å²) in [5, 5.41) is 3.95. The molecular weight excluding hydrogens is 262 g/mol. The summed E-state index contributed by atoms with van der Waals surface area (Å²) < 4.78 is 0. The van der Waals surface area contributed by atoms with E-state index in [9.17, 15) is 0 Å². The highest BCUT2D eigenvalue weighted by molar-refractivity contribution is 7.99. The van der Waals surface area contributed by atoms with Crippen molar-refractivity contribution in [3.63, 3.8) is 0 Å². The van der Waals surface area contributed by atoms with Gasteiger partial charge in [-0.3, -0.25) is 0 Å². The van der Waals surface area contributed by atoms with Gasteiger partial charge in [-0.2, -0.15) is 0 Å². The topological polar surface area (TPSA) is 12.0 Å². The molecule has 0 fully saturated rings. The molecule has 1 N–H and O–H groups in total. The van der Waals surface area contributed by atoms with Gasteiger partial charge in [0.15, 0.2) is 0 Å². The van der Waals surface area contributed by atoms with E-state index in [0.717, 1.165) is 11.6 Å². The lowest BCUT2D eigenvalue weighted by atomic mass is 10.1. The molecule has 2 aromatic carbocycles. The second-order valence-electron chi connectivity index (χ2n) is 4.19. The summed E-state index contributed by atoms with van der Waals surface area (Å²) in [5.74, 6) is 0. The van der Waals surface area contributed by atoms with Crippen LogP contribution in [0.15, 0.2) is 52.3 Å². The molecule has 0 spiro atoms. The lowest BCUT2D eigenvalue weighted by molar-refractivity contribution is 0.815. The molecule has 0 radical (unpaired) electrons. The fraction of sp³-hybridized carbons (Fsp3) is 0.200. The summed E-state index contributed by atoms with van der Waals surface area (Å²) in [4.78, 5) is 2.45. The van der Waals surface area contributed by atoms with Gasteiger partial charge >= 0.3 is 0 Å². The molecule has 18 heavy (non-hydrogen) atoms. The van der Waals surface area contributed by atoms with E-state index in [1.54, 1.807) is 11.8 Å². The lowest BCUT2D eigenvalue weighted by Crippen LogP contribution is -2.05. The summed E-state index contributed by atoms with van der Waals surface area (Å²) in [5.41, 5.74) is 2.61. The fourth-order valence-corrected chi connectivity index (χ4v) is 2.99. The number of hydrogen-bond donors (Lipinski definition) is 1. The van der Waals surface area contributed by atoms with E-state index in [4.69, 9.17) is 11.6 Å². The Morgan fingerprint density at radius 1 is 1.17 bits per heavy atom. The Hall–Kier alpha value is -0.960. The van der Waals surface area contributed by atoms with Crippen molar-refractivity contribution in [1.82, 2.24) is 5.32 Å². The van der Waals surface area contributed by atoms with Crippen molar-refractivity contribution in [2.45, 2.75) is 23.3 Å². The third-order valence-corrected chi connectivity index (χ3v) is 4.05. The van der Waals surface area contributed by atoms with Crippen molar-refractivity contribution >= 4 is 23.4 Å². The molecule has 0 aromatic heterocycles. The smallest absolute Gasteiger partial charge is 0.0417 e. The van der Waals surface area contributed by atoms with Crippen LogP contribution in [0.1, 0.15) is 11.1 Å². The summed E-state index contributed by atoms with van der Waals surface area (Å²) in [7, 11) is 1.96. The fourth-order valence-electron chi connectivity index (χ4n) is 1.80. The van der Waals surface area contributed by atoms with Crippen LogP contribution < -0.4 is 5.32 Å². The zero-order valence-corrected chi connectivity index (χ0v) is 12.1. The molecule has 0 unspecified atom stereocenters. The minimum Gasteiger partial charge on any atom is -0.316 e. The molecule has 0 amide bonds. The summed E-state index contributed by atoms with van der Waals surface area (Å²) in [6.45, 7) is 3.05. The number of benzene rings is 2. The second-order valence-corrected chi connectivity index (χ2v) is 5.74. The molecule has 3 heteroatoms. The summed E-state index contributed by atoms with van der Waals surface area (Å²) >= 11 is 7.75. The second kappa shape index (κ2) is 6.28. The maximum atomic E-state index is 6.00. The zero-order valence-electron chi connectivity index (χ0n) is 10.5. The molecule has 0 atom stereocenters. The van der Waals surface area contributed by atoms with Crippen molar-refractivity contribution in [3.8, 4) is 0 Å². The van der Waals surface area contributed by atoms with Gasteiger partial charge < -0.3 is 5.32 Å². The minimum absolute atomic E-state index is 0.782. The monoisotopic (exact) mass is 277 g/mol. The van der Waals surface area contributed by atoms with Crippen LogP contribution in [0.25, 0.3) is 0 Å². The predicted molar refractivity (Wildman–Crippen MR) is 79.5 cm³/mol. The van der Waals surface area contributed by atoms with Crippen molar-refractivity contribution in [3.05, 3.63) is 58.6 Å². The number of aryl methyl sites for hydroxylation is 1. The Bertz CT molecular complexity index is 540. The maximum Gasteiger partial charge on any atom is 0.0417 e. The highest BCUT2D eigenvalue weighted by Gasteiger charge is 2.03. The van der Waals surface area contributed by atoms with Gasteiger partial charge in [0.1, 0.15) is 0 Å². The van der Waals surface area contributed by atoms with E-state index in [2.05, 4.69) is 36.5 Å². The Morgan fingerprint density at radius 2 is 2.00 bits per heavy atom. The molecule has 0 aliphatic carbocycles. The first-order chi connectivity index (χ1) is 8.69. The van der Waals surface area contributed by atoms with Crippen molar-refractivity contribution < 1.29 is 0 Å². The SMILES string of the molecule is CNCc1ccc(Sc2cccc(Cl)c2)c(C)c1. The molecular formula is C15H16ClNS. The Balaban J connectivity index is 2.19. The third kappa shape index (κ3) is 3.52. The van der Waals surface area contributed by atoms with Gasteiger partial charge in [-0.1, -0.05) is 41.6 Å². The third-order valence-electron chi connectivity index (χ3n) is 2.64. The van der Waals surface area contributed by atoms with E-state index in [0.29, 0.717) is 0 Å². The van der Waals surface area contributed by atoms with Crippen molar-refractivity contribution in [2.75, 3.05) is 7.05 Å². The van der Waals surface area contributed by atoms with Crippen LogP contribution in [0.3, 0.4) is 0 Å². The molecule has 0 heterocycles. The molecule has 1 nitrogen and oxygen atoms in total. The van der Waals surface area contributed by atoms with Crippen LogP contribution >= 0.6 is 23.4 Å². The average molecular weight is 278 g/mol. The average Bonchev–Trinajstić information content (AvgIpc) is 2.33. The number of hydrogen-bond acceptors (Lipinski definition) is 2. The molecule has 94 valence electrons. The van der Waals surface area contributed by atoms with E-state index in [1.165, 1.54) is 20.9 Å². The van der Waals surface area contributed by atoms with Gasteiger partial charge in [0, 0.05) is 21.4 Å². The minimum atomic E-state index is 0.782. The van der Waals surface area contributed by atoms with Crippen LogP contribution in [0.5, 0.6) is 0 Å². The van der Waals surface area contributed by atoms with Gasteiger partial charge in [0.2, 0.25) is 0 Å². The van der Waals surface area contributed by atoms with Gasteiger partial charge in [-0.25, -0.2) is 0 Å². The largest absolute Gasteiger partial charge is 0.316 e. The highest BCUT2D eigenvalue weighted by atomic mass is 35.5. The Kier molecular flexibility index (Phi) is 4.70. The maximum absolute atomic E-state index is 6.00.